The van der Waals surface area contributed by atoms with E-state index in [1.165, 1.54) is 6.92 Å². The maximum Gasteiger partial charge on any atom is 0.340 e. The van der Waals surface area contributed by atoms with E-state index in [2.05, 4.69) is 5.32 Å². The fourth-order valence-corrected chi connectivity index (χ4v) is 2.27. The average molecular weight is 383 g/mol. The maximum absolute atomic E-state index is 13.3. The molecule has 0 aromatic heterocycles. The highest BCUT2D eigenvalue weighted by atomic mass is 35.5. The summed E-state index contributed by atoms with van der Waals surface area (Å²) in [6, 6.07) is 8.33. The summed E-state index contributed by atoms with van der Waals surface area (Å²) in [4.78, 5) is 26.1. The minimum absolute atomic E-state index is 0.305. The summed E-state index contributed by atoms with van der Waals surface area (Å²) in [7, 11) is 3.77. The van der Waals surface area contributed by atoms with Gasteiger partial charge in [-0.2, -0.15) is 0 Å². The number of benzene rings is 2. The molecule has 0 aliphatic carbocycles. The number of esters is 1. The van der Waals surface area contributed by atoms with Crippen molar-refractivity contribution in [3.8, 4) is 0 Å². The van der Waals surface area contributed by atoms with Crippen LogP contribution in [0.4, 0.5) is 20.2 Å². The number of anilines is 2. The van der Waals surface area contributed by atoms with Gasteiger partial charge in [0.05, 0.1) is 10.6 Å². The quantitative estimate of drug-likeness (QED) is 0.630. The first-order valence-corrected chi connectivity index (χ1v) is 8.00. The van der Waals surface area contributed by atoms with E-state index in [9.17, 15) is 18.4 Å². The molecule has 0 saturated carbocycles. The van der Waals surface area contributed by atoms with Gasteiger partial charge in [-0.15, -0.1) is 0 Å². The molecule has 0 unspecified atom stereocenters. The summed E-state index contributed by atoms with van der Waals surface area (Å²) in [5.41, 5.74) is 1.12. The summed E-state index contributed by atoms with van der Waals surface area (Å²) < 4.78 is 31.3. The van der Waals surface area contributed by atoms with Gasteiger partial charge in [0.1, 0.15) is 0 Å². The van der Waals surface area contributed by atoms with Crippen LogP contribution in [0.3, 0.4) is 0 Å². The molecule has 1 N–H and O–H groups in total. The van der Waals surface area contributed by atoms with E-state index < -0.39 is 29.6 Å². The highest BCUT2D eigenvalue weighted by Crippen LogP contribution is 2.22. The molecule has 0 radical (unpaired) electrons. The van der Waals surface area contributed by atoms with Gasteiger partial charge in [0, 0.05) is 25.5 Å². The summed E-state index contributed by atoms with van der Waals surface area (Å²) in [5.74, 6) is -4.02. The lowest BCUT2D eigenvalue weighted by molar-refractivity contribution is -0.123. The number of rotatable bonds is 5. The van der Waals surface area contributed by atoms with E-state index in [1.54, 1.807) is 12.1 Å². The molecule has 0 spiro atoms. The van der Waals surface area contributed by atoms with E-state index in [1.807, 2.05) is 31.1 Å². The third kappa shape index (κ3) is 4.70. The molecule has 1 amide bonds. The van der Waals surface area contributed by atoms with Crippen LogP contribution in [0.15, 0.2) is 36.4 Å². The fraction of sp³-hybridized carbons (Fsp3) is 0.222. The number of hydrogen-bond donors (Lipinski definition) is 1. The lowest BCUT2D eigenvalue weighted by Crippen LogP contribution is -2.30. The zero-order valence-corrected chi connectivity index (χ0v) is 15.1. The van der Waals surface area contributed by atoms with Crippen molar-refractivity contribution in [3.63, 3.8) is 0 Å². The fourth-order valence-electron chi connectivity index (χ4n) is 2.04. The lowest BCUT2D eigenvalue weighted by atomic mass is 10.2. The van der Waals surface area contributed by atoms with Gasteiger partial charge in [-0.25, -0.2) is 13.6 Å². The van der Waals surface area contributed by atoms with Gasteiger partial charge in [0.15, 0.2) is 17.7 Å². The van der Waals surface area contributed by atoms with Gasteiger partial charge in [0.2, 0.25) is 0 Å². The second-order valence-electron chi connectivity index (χ2n) is 5.72. The predicted octanol–water partition coefficient (Wildman–Crippen LogP) is 3.87. The minimum Gasteiger partial charge on any atom is -0.449 e. The molecular formula is C18H17ClF2N2O3. The second-order valence-corrected chi connectivity index (χ2v) is 6.13. The summed E-state index contributed by atoms with van der Waals surface area (Å²) in [5, 5.41) is 2.29. The van der Waals surface area contributed by atoms with Gasteiger partial charge in [-0.3, -0.25) is 4.79 Å². The third-order valence-corrected chi connectivity index (χ3v) is 3.85. The molecule has 0 fully saturated rings. The second kappa shape index (κ2) is 8.14. The van der Waals surface area contributed by atoms with Crippen molar-refractivity contribution in [2.75, 3.05) is 24.3 Å². The molecule has 2 aromatic carbocycles. The van der Waals surface area contributed by atoms with Crippen LogP contribution in [0.2, 0.25) is 5.02 Å². The number of carbonyl (C=O) groups is 2. The molecule has 26 heavy (non-hydrogen) atoms. The molecule has 0 saturated heterocycles. The standard InChI is InChI=1S/C18H17ClF2N2O3/c1-10(17(24)22-11-4-6-12(7-5-11)23(2)3)26-18(25)13-8-15(20)16(21)9-14(13)19/h4-10H,1-3H3,(H,22,24)/t10-/m1/s1. The number of hydrogen-bond acceptors (Lipinski definition) is 4. The number of ether oxygens (including phenoxy) is 1. The van der Waals surface area contributed by atoms with Crippen LogP contribution >= 0.6 is 11.6 Å². The smallest absolute Gasteiger partial charge is 0.340 e. The number of carbonyl (C=O) groups excluding carboxylic acids is 2. The first-order valence-electron chi connectivity index (χ1n) is 7.63. The summed E-state index contributed by atoms with van der Waals surface area (Å²) in [6.45, 7) is 1.36. The first-order chi connectivity index (χ1) is 12.2. The number of halogens is 3. The van der Waals surface area contributed by atoms with Crippen LogP contribution in [0, 0.1) is 11.6 Å². The molecule has 138 valence electrons. The van der Waals surface area contributed by atoms with Crippen LogP contribution in [-0.4, -0.2) is 32.1 Å². The Labute approximate surface area is 154 Å². The molecule has 8 heteroatoms. The molecule has 0 bridgehead atoms. The topological polar surface area (TPSA) is 58.6 Å². The van der Waals surface area contributed by atoms with E-state index in [0.717, 1.165) is 5.69 Å². The molecule has 0 aliphatic rings. The predicted molar refractivity (Wildman–Crippen MR) is 95.6 cm³/mol. The zero-order valence-electron chi connectivity index (χ0n) is 14.3. The number of nitrogens with zero attached hydrogens (tertiary/aromatic N) is 1. The Morgan fingerprint density at radius 2 is 1.69 bits per heavy atom. The highest BCUT2D eigenvalue weighted by Gasteiger charge is 2.22. The maximum atomic E-state index is 13.3. The van der Waals surface area contributed by atoms with Crippen LogP contribution in [-0.2, 0) is 9.53 Å². The Morgan fingerprint density at radius 1 is 1.12 bits per heavy atom. The van der Waals surface area contributed by atoms with E-state index in [-0.39, 0.29) is 10.6 Å². The van der Waals surface area contributed by atoms with Crippen molar-refractivity contribution >= 4 is 34.9 Å². The molecule has 0 heterocycles. The van der Waals surface area contributed by atoms with Gasteiger partial charge >= 0.3 is 5.97 Å². The third-order valence-electron chi connectivity index (χ3n) is 3.53. The van der Waals surface area contributed by atoms with E-state index in [0.29, 0.717) is 17.8 Å². The Balaban J connectivity index is 2.02. The Bertz CT molecular complexity index is 826. The Hall–Kier alpha value is -2.67. The van der Waals surface area contributed by atoms with Gasteiger partial charge in [-0.1, -0.05) is 11.6 Å². The Kier molecular flexibility index (Phi) is 6.15. The van der Waals surface area contributed by atoms with Crippen LogP contribution in [0.5, 0.6) is 0 Å². The molecule has 1 atom stereocenters. The van der Waals surface area contributed by atoms with Crippen molar-refractivity contribution in [3.05, 3.63) is 58.6 Å². The molecule has 0 aliphatic heterocycles. The number of nitrogens with one attached hydrogen (secondary N) is 1. The van der Waals surface area contributed by atoms with Gasteiger partial charge in [0.25, 0.3) is 5.91 Å². The zero-order chi connectivity index (χ0) is 19.4. The van der Waals surface area contributed by atoms with Gasteiger partial charge < -0.3 is 15.0 Å². The SMILES string of the molecule is C[C@@H](OC(=O)c1cc(F)c(F)cc1Cl)C(=O)Nc1ccc(N(C)C)cc1. The number of amides is 1. The Morgan fingerprint density at radius 3 is 2.27 bits per heavy atom. The average Bonchev–Trinajstić information content (AvgIpc) is 2.58. The van der Waals surface area contributed by atoms with Crippen molar-refractivity contribution in [1.82, 2.24) is 0 Å². The molecular weight excluding hydrogens is 366 g/mol. The van der Waals surface area contributed by atoms with Crippen LogP contribution in [0.1, 0.15) is 17.3 Å². The van der Waals surface area contributed by atoms with E-state index >= 15 is 0 Å². The summed E-state index contributed by atoms with van der Waals surface area (Å²) >= 11 is 5.72. The normalized spacial score (nSPS) is 11.6. The lowest BCUT2D eigenvalue weighted by Gasteiger charge is -2.15. The van der Waals surface area contributed by atoms with Gasteiger partial charge in [-0.05, 0) is 43.3 Å². The van der Waals surface area contributed by atoms with Crippen LogP contribution < -0.4 is 10.2 Å². The van der Waals surface area contributed by atoms with Crippen molar-refractivity contribution in [2.45, 2.75) is 13.0 Å². The van der Waals surface area contributed by atoms with Crippen molar-refractivity contribution in [2.24, 2.45) is 0 Å². The minimum atomic E-state index is -1.24. The van der Waals surface area contributed by atoms with Crippen molar-refractivity contribution < 1.29 is 23.1 Å². The molecule has 2 rings (SSSR count). The molecule has 5 nitrogen and oxygen atoms in total. The highest BCUT2D eigenvalue weighted by molar-refractivity contribution is 6.33. The van der Waals surface area contributed by atoms with Crippen molar-refractivity contribution in [1.29, 1.82) is 0 Å². The summed E-state index contributed by atoms with van der Waals surface area (Å²) in [6.07, 6.45) is -1.17. The molecule has 2 aromatic rings. The van der Waals surface area contributed by atoms with E-state index in [4.69, 9.17) is 16.3 Å². The first kappa shape index (κ1) is 19.7. The van der Waals surface area contributed by atoms with Crippen LogP contribution in [0.25, 0.3) is 0 Å². The largest absolute Gasteiger partial charge is 0.449 e. The monoisotopic (exact) mass is 382 g/mol.